The Balaban J connectivity index is 1.52. The number of likely N-dealkylation sites (tertiary alicyclic amines) is 1. The topological polar surface area (TPSA) is 194 Å². The number of aromatic hydroxyl groups is 1. The number of nitrogens with zero attached hydrogens (tertiary/aromatic N) is 5. The number of nitro groups is 2. The van der Waals surface area contributed by atoms with Gasteiger partial charge in [0.2, 0.25) is 11.8 Å². The van der Waals surface area contributed by atoms with Gasteiger partial charge in [-0.15, -0.1) is 23.2 Å². The van der Waals surface area contributed by atoms with Crippen molar-refractivity contribution in [1.29, 1.82) is 0 Å². The third-order valence-electron chi connectivity index (χ3n) is 9.70. The summed E-state index contributed by atoms with van der Waals surface area (Å²) in [6, 6.07) is 6.00. The van der Waals surface area contributed by atoms with E-state index in [2.05, 4.69) is 0 Å². The zero-order chi connectivity index (χ0) is 34.5. The Hall–Kier alpha value is -4.76. The number of fused-ring (bicyclic) bond motifs is 4. The molecular weight excluding hydrogens is 661 g/mol. The molecule has 3 fully saturated rings. The number of ether oxygens (including phenoxy) is 1. The van der Waals surface area contributed by atoms with Crippen molar-refractivity contribution in [2.24, 2.45) is 17.8 Å². The molecule has 1 saturated carbocycles. The number of imide groups is 2. The normalized spacial score (nSPS) is 29.7. The largest absolute Gasteiger partial charge is 0.508 e. The van der Waals surface area contributed by atoms with E-state index in [1.807, 2.05) is 0 Å². The van der Waals surface area contributed by atoms with Gasteiger partial charge >= 0.3 is 11.4 Å². The highest BCUT2D eigenvalue weighted by Crippen LogP contribution is 2.66. The van der Waals surface area contributed by atoms with Crippen LogP contribution in [0.4, 0.5) is 22.7 Å². The van der Waals surface area contributed by atoms with Crippen molar-refractivity contribution < 1.29 is 38.9 Å². The van der Waals surface area contributed by atoms with E-state index in [-0.39, 0.29) is 35.7 Å². The quantitative estimate of drug-likeness (QED) is 0.154. The molecule has 6 atom stereocenters. The van der Waals surface area contributed by atoms with Crippen molar-refractivity contribution >= 4 is 69.6 Å². The highest BCUT2D eigenvalue weighted by atomic mass is 35.5. The van der Waals surface area contributed by atoms with Crippen LogP contribution in [0, 0.1) is 38.0 Å². The van der Waals surface area contributed by atoms with Crippen LogP contribution in [0.1, 0.15) is 24.3 Å². The summed E-state index contributed by atoms with van der Waals surface area (Å²) in [5.41, 5.74) is -1.30. The number of hydrogen-bond donors (Lipinski definition) is 1. The van der Waals surface area contributed by atoms with Crippen LogP contribution >= 0.6 is 23.2 Å². The summed E-state index contributed by atoms with van der Waals surface area (Å²) >= 11 is 14.3. The Morgan fingerprint density at radius 1 is 0.979 bits per heavy atom. The zero-order valence-electron chi connectivity index (χ0n) is 25.3. The van der Waals surface area contributed by atoms with E-state index in [0.29, 0.717) is 16.0 Å². The maximum absolute atomic E-state index is 14.3. The molecule has 4 aliphatic rings. The van der Waals surface area contributed by atoms with Gasteiger partial charge in [0, 0.05) is 50.8 Å². The lowest BCUT2D eigenvalue weighted by Crippen LogP contribution is -2.60. The molecule has 2 aliphatic heterocycles. The van der Waals surface area contributed by atoms with Gasteiger partial charge in [-0.05, 0) is 24.8 Å². The van der Waals surface area contributed by atoms with Crippen LogP contribution < -0.4 is 14.5 Å². The van der Waals surface area contributed by atoms with Gasteiger partial charge in [0.15, 0.2) is 15.4 Å². The van der Waals surface area contributed by atoms with Gasteiger partial charge in [0.05, 0.1) is 34.5 Å². The molecule has 2 aromatic carbocycles. The van der Waals surface area contributed by atoms with Gasteiger partial charge in [-0.2, -0.15) is 0 Å². The SMILES string of the molecule is COc1cc(O)ccc1[C@H]1C2=CC[C@@H]3C(=O)N(c4cc([N+](=O)[O-])c(N(C)C)c([N+](=O)[O-])c4)C(=O)[C@@H]3[C@@H]2C[C@@]2(Cl)C(=O)N(C)C(=O)[C@@]12Cl. The van der Waals surface area contributed by atoms with Crippen LogP contribution in [0.15, 0.2) is 42.0 Å². The minimum Gasteiger partial charge on any atom is -0.508 e. The number of phenolic OH excluding ortho intramolecular Hbond substituents is 1. The van der Waals surface area contributed by atoms with E-state index in [0.717, 1.165) is 17.0 Å². The molecule has 15 nitrogen and oxygen atoms in total. The second-order valence-electron chi connectivity index (χ2n) is 12.2. The highest BCUT2D eigenvalue weighted by Gasteiger charge is 2.76. The number of benzene rings is 2. The fourth-order valence-corrected chi connectivity index (χ4v) is 8.75. The molecule has 17 heteroatoms. The Kier molecular flexibility index (Phi) is 7.28. The number of halogens is 2. The Morgan fingerprint density at radius 2 is 1.60 bits per heavy atom. The van der Waals surface area contributed by atoms with Gasteiger partial charge in [0.1, 0.15) is 11.5 Å². The summed E-state index contributed by atoms with van der Waals surface area (Å²) in [5.74, 6) is -7.42. The van der Waals surface area contributed by atoms with Crippen molar-refractivity contribution in [3.8, 4) is 11.5 Å². The lowest BCUT2D eigenvalue weighted by atomic mass is 9.56. The smallest absolute Gasteiger partial charge is 0.301 e. The van der Waals surface area contributed by atoms with E-state index in [1.54, 1.807) is 6.08 Å². The third kappa shape index (κ3) is 4.18. The molecular formula is C30H27Cl2N5O10. The number of nitro benzene ring substituents is 2. The highest BCUT2D eigenvalue weighted by molar-refractivity contribution is 6.53. The van der Waals surface area contributed by atoms with E-state index in [1.165, 1.54) is 51.4 Å². The van der Waals surface area contributed by atoms with Crippen LogP contribution in [0.3, 0.4) is 0 Å². The fraction of sp³-hybridized carbons (Fsp3) is 0.400. The fourth-order valence-electron chi connectivity index (χ4n) is 7.74. The summed E-state index contributed by atoms with van der Waals surface area (Å²) in [6.45, 7) is 0. The number of carbonyl (C=O) groups is 4. The predicted octanol–water partition coefficient (Wildman–Crippen LogP) is 3.48. The number of amides is 4. The van der Waals surface area contributed by atoms with Crippen LogP contribution in [-0.2, 0) is 19.2 Å². The molecule has 1 N–H and O–H groups in total. The van der Waals surface area contributed by atoms with E-state index >= 15 is 0 Å². The molecule has 2 saturated heterocycles. The Morgan fingerprint density at radius 3 is 2.15 bits per heavy atom. The number of rotatable bonds is 6. The molecule has 2 aromatic rings. The second-order valence-corrected chi connectivity index (χ2v) is 13.4. The Labute approximate surface area is 276 Å². The van der Waals surface area contributed by atoms with Gasteiger partial charge in [-0.25, -0.2) is 4.90 Å². The van der Waals surface area contributed by atoms with Crippen LogP contribution in [0.25, 0.3) is 0 Å². The van der Waals surface area contributed by atoms with E-state index in [9.17, 15) is 44.5 Å². The zero-order valence-corrected chi connectivity index (χ0v) is 26.8. The first-order chi connectivity index (χ1) is 22.0. The summed E-state index contributed by atoms with van der Waals surface area (Å²) in [4.78, 5) is 76.6. The molecule has 246 valence electrons. The van der Waals surface area contributed by atoms with Gasteiger partial charge < -0.3 is 14.7 Å². The number of hydrogen-bond acceptors (Lipinski definition) is 11. The molecule has 0 unspecified atom stereocenters. The first-order valence-electron chi connectivity index (χ1n) is 14.3. The minimum atomic E-state index is -2.09. The van der Waals surface area contributed by atoms with Crippen molar-refractivity contribution in [3.05, 3.63) is 67.8 Å². The van der Waals surface area contributed by atoms with Gasteiger partial charge in [-0.1, -0.05) is 17.7 Å². The molecule has 0 spiro atoms. The van der Waals surface area contributed by atoms with Crippen molar-refractivity contribution in [1.82, 2.24) is 4.90 Å². The third-order valence-corrected chi connectivity index (χ3v) is 11.1. The maximum Gasteiger partial charge on any atom is 0.301 e. The number of phenols is 1. The van der Waals surface area contributed by atoms with E-state index < -0.39 is 78.3 Å². The summed E-state index contributed by atoms with van der Waals surface area (Å²) in [6.07, 6.45) is 1.34. The van der Waals surface area contributed by atoms with Crippen molar-refractivity contribution in [2.75, 3.05) is 38.1 Å². The summed E-state index contributed by atoms with van der Waals surface area (Å²) in [5, 5.41) is 34.2. The molecule has 4 amide bonds. The molecule has 0 bridgehead atoms. The predicted molar refractivity (Wildman–Crippen MR) is 167 cm³/mol. The number of carbonyl (C=O) groups excluding carboxylic acids is 4. The second kappa shape index (κ2) is 10.6. The van der Waals surface area contributed by atoms with Gasteiger partial charge in [0.25, 0.3) is 11.8 Å². The molecule has 6 rings (SSSR count). The monoisotopic (exact) mass is 687 g/mol. The van der Waals surface area contributed by atoms with Crippen molar-refractivity contribution in [2.45, 2.75) is 28.5 Å². The lowest BCUT2D eigenvalue weighted by Gasteiger charge is -2.51. The first-order valence-corrected chi connectivity index (χ1v) is 15.1. The summed E-state index contributed by atoms with van der Waals surface area (Å²) in [7, 11) is 5.35. The molecule has 47 heavy (non-hydrogen) atoms. The number of alkyl halides is 2. The van der Waals surface area contributed by atoms with Crippen molar-refractivity contribution in [3.63, 3.8) is 0 Å². The molecule has 2 aliphatic carbocycles. The number of methoxy groups -OCH3 is 1. The first kappa shape index (κ1) is 32.2. The lowest BCUT2D eigenvalue weighted by molar-refractivity contribution is -0.392. The summed E-state index contributed by atoms with van der Waals surface area (Å²) < 4.78 is 5.52. The average Bonchev–Trinajstić information content (AvgIpc) is 3.35. The molecule has 0 radical (unpaired) electrons. The van der Waals surface area contributed by atoms with Crippen LogP contribution in [-0.4, -0.2) is 81.5 Å². The molecule has 2 heterocycles. The van der Waals surface area contributed by atoms with Gasteiger partial charge in [-0.3, -0.25) is 44.3 Å². The number of allylic oxidation sites excluding steroid dienone is 2. The minimum absolute atomic E-state index is 0.0192. The standard InChI is InChI=1S/C30H27Cl2N5O10/c1-33(2)24-19(36(43)44)9-13(10-20(24)37(45)46)35-25(39)17-8-7-15-18(22(17)26(35)40)12-29(31)27(41)34(3)28(42)30(29,32)23(15)16-6-5-14(38)11-21(16)47-4/h5-7,9-11,17-18,22-23,38H,8,12H2,1-4H3/t17-,18+,22-,23+,29+,30-/m0/s1. The maximum atomic E-state index is 14.3. The van der Waals surface area contributed by atoms with E-state index in [4.69, 9.17) is 27.9 Å². The van der Waals surface area contributed by atoms with Crippen LogP contribution in [0.5, 0.6) is 11.5 Å². The molecule has 0 aromatic heterocycles. The van der Waals surface area contributed by atoms with Crippen LogP contribution in [0.2, 0.25) is 0 Å². The number of anilines is 2. The average molecular weight is 688 g/mol. The Bertz CT molecular complexity index is 1830.